The molecule has 1 N–H and O–H groups in total. The molecule has 4 heterocycles. The van der Waals surface area contributed by atoms with Crippen LogP contribution in [0.2, 0.25) is 0 Å². The molecule has 5 rings (SSSR count). The van der Waals surface area contributed by atoms with Crippen LogP contribution in [-0.4, -0.2) is 28.5 Å². The number of hydrogen-bond acceptors (Lipinski definition) is 7. The normalized spacial score (nSPS) is 19.6. The van der Waals surface area contributed by atoms with Gasteiger partial charge in [-0.2, -0.15) is 0 Å². The minimum Gasteiger partial charge on any atom is -0.507 e. The van der Waals surface area contributed by atoms with E-state index in [0.717, 1.165) is 10.4 Å². The van der Waals surface area contributed by atoms with Gasteiger partial charge in [-0.05, 0) is 54.3 Å². The molecular weight excluding hydrogens is 406 g/mol. The van der Waals surface area contributed by atoms with E-state index >= 15 is 0 Å². The molecule has 0 bridgehead atoms. The molecule has 2 aliphatic heterocycles. The predicted molar refractivity (Wildman–Crippen MR) is 108 cm³/mol. The van der Waals surface area contributed by atoms with Crippen molar-refractivity contribution in [2.45, 2.75) is 19.5 Å². The number of aliphatic hydroxyl groups is 1. The quantitative estimate of drug-likeness (QED) is 0.388. The summed E-state index contributed by atoms with van der Waals surface area (Å²) in [4.78, 5) is 28.2. The van der Waals surface area contributed by atoms with Gasteiger partial charge in [-0.15, -0.1) is 11.3 Å². The maximum absolute atomic E-state index is 13.0. The van der Waals surface area contributed by atoms with Crippen LogP contribution in [0.25, 0.3) is 5.76 Å². The molecule has 1 unspecified atom stereocenters. The van der Waals surface area contributed by atoms with Crippen LogP contribution in [0, 0.1) is 6.92 Å². The number of ether oxygens (including phenoxy) is 2. The number of fused-ring (bicyclic) bond motifs is 1. The van der Waals surface area contributed by atoms with Gasteiger partial charge in [0.1, 0.15) is 17.6 Å². The SMILES string of the molecule is Cc1ccsc1C1/C(=C(/O)c2ccc3c(c2)OCO3)C(=O)C(=O)N1Cc1ccco1. The number of carbonyl (C=O) groups excluding carboxylic acids is 2. The van der Waals surface area contributed by atoms with E-state index in [1.165, 1.54) is 22.5 Å². The molecule has 0 spiro atoms. The Morgan fingerprint density at radius 3 is 2.77 bits per heavy atom. The van der Waals surface area contributed by atoms with Gasteiger partial charge in [0.25, 0.3) is 11.7 Å². The van der Waals surface area contributed by atoms with Crippen LogP contribution in [0.3, 0.4) is 0 Å². The monoisotopic (exact) mass is 423 g/mol. The minimum atomic E-state index is -0.727. The summed E-state index contributed by atoms with van der Waals surface area (Å²) in [6.07, 6.45) is 1.52. The molecule has 8 heteroatoms. The highest BCUT2D eigenvalue weighted by molar-refractivity contribution is 7.10. The van der Waals surface area contributed by atoms with Gasteiger partial charge in [-0.3, -0.25) is 9.59 Å². The largest absolute Gasteiger partial charge is 0.507 e. The van der Waals surface area contributed by atoms with Gasteiger partial charge in [0.05, 0.1) is 18.4 Å². The van der Waals surface area contributed by atoms with Crippen molar-refractivity contribution in [1.29, 1.82) is 0 Å². The highest BCUT2D eigenvalue weighted by atomic mass is 32.1. The third-order valence-corrected chi connectivity index (χ3v) is 6.31. The highest BCUT2D eigenvalue weighted by Gasteiger charge is 2.47. The van der Waals surface area contributed by atoms with E-state index in [1.807, 2.05) is 18.4 Å². The first kappa shape index (κ1) is 18.5. The van der Waals surface area contributed by atoms with Crippen LogP contribution >= 0.6 is 11.3 Å². The first-order valence-electron chi connectivity index (χ1n) is 9.29. The Balaban J connectivity index is 1.65. The Bertz CT molecular complexity index is 1180. The Morgan fingerprint density at radius 2 is 2.03 bits per heavy atom. The summed E-state index contributed by atoms with van der Waals surface area (Å²) in [5.74, 6) is -0.0465. The second-order valence-corrected chi connectivity index (χ2v) is 7.99. The number of rotatable bonds is 4. The fourth-order valence-electron chi connectivity index (χ4n) is 3.75. The number of amides is 1. The van der Waals surface area contributed by atoms with Gasteiger partial charge in [0.15, 0.2) is 11.5 Å². The Morgan fingerprint density at radius 1 is 1.20 bits per heavy atom. The molecule has 1 saturated heterocycles. The number of ketones is 1. The van der Waals surface area contributed by atoms with Crippen LogP contribution in [0.5, 0.6) is 11.5 Å². The summed E-state index contributed by atoms with van der Waals surface area (Å²) in [6.45, 7) is 2.14. The number of Topliss-reactive ketones (excluding diaryl/α,β-unsaturated/α-hetero) is 1. The first-order chi connectivity index (χ1) is 14.5. The average molecular weight is 423 g/mol. The summed E-state index contributed by atoms with van der Waals surface area (Å²) in [5.41, 5.74) is 1.37. The molecule has 1 fully saturated rings. The molecule has 30 heavy (non-hydrogen) atoms. The first-order valence-corrected chi connectivity index (χ1v) is 10.2. The molecular formula is C22H17NO6S. The molecule has 3 aromatic rings. The zero-order valence-corrected chi connectivity index (χ0v) is 16.8. The third kappa shape index (κ3) is 2.88. The van der Waals surface area contributed by atoms with Gasteiger partial charge in [-0.25, -0.2) is 0 Å². The summed E-state index contributed by atoms with van der Waals surface area (Å²) >= 11 is 1.44. The highest BCUT2D eigenvalue weighted by Crippen LogP contribution is 2.44. The Hall–Kier alpha value is -3.52. The van der Waals surface area contributed by atoms with Crippen LogP contribution in [-0.2, 0) is 16.1 Å². The smallest absolute Gasteiger partial charge is 0.296 e. The second kappa shape index (κ2) is 7.07. The maximum atomic E-state index is 13.0. The molecule has 1 amide bonds. The zero-order valence-electron chi connectivity index (χ0n) is 16.0. The van der Waals surface area contributed by atoms with Crippen LogP contribution in [0.4, 0.5) is 0 Å². The van der Waals surface area contributed by atoms with Gasteiger partial charge in [0.2, 0.25) is 6.79 Å². The molecule has 0 radical (unpaired) electrons. The van der Waals surface area contributed by atoms with Gasteiger partial charge in [0, 0.05) is 10.4 Å². The average Bonchev–Trinajstić information content (AvgIpc) is 3.52. The third-order valence-electron chi connectivity index (χ3n) is 5.24. The molecule has 152 valence electrons. The van der Waals surface area contributed by atoms with Gasteiger partial charge >= 0.3 is 0 Å². The summed E-state index contributed by atoms with van der Waals surface area (Å²) in [7, 11) is 0. The molecule has 1 aromatic carbocycles. The van der Waals surface area contributed by atoms with Crippen LogP contribution in [0.15, 0.2) is 58.0 Å². The summed E-state index contributed by atoms with van der Waals surface area (Å²) in [5, 5.41) is 13.0. The number of aryl methyl sites for hydroxylation is 1. The molecule has 1 atom stereocenters. The number of furan rings is 1. The van der Waals surface area contributed by atoms with Gasteiger partial charge < -0.3 is 23.9 Å². The van der Waals surface area contributed by atoms with Gasteiger partial charge in [-0.1, -0.05) is 0 Å². The van der Waals surface area contributed by atoms with Crippen molar-refractivity contribution in [3.63, 3.8) is 0 Å². The lowest BCUT2D eigenvalue weighted by atomic mass is 9.98. The topological polar surface area (TPSA) is 89.2 Å². The lowest BCUT2D eigenvalue weighted by molar-refractivity contribution is -0.140. The standard InChI is InChI=1S/C22H17NO6S/c1-12-6-8-30-21(12)18-17(19(24)13-4-5-15-16(9-13)29-11-28-15)20(25)22(26)23(18)10-14-3-2-7-27-14/h2-9,18,24H,10-11H2,1H3/b19-17-. The number of hydrogen-bond donors (Lipinski definition) is 1. The number of aliphatic hydroxyl groups excluding tert-OH is 1. The fourth-order valence-corrected chi connectivity index (χ4v) is 4.80. The van der Waals surface area contributed by atoms with E-state index in [9.17, 15) is 14.7 Å². The lowest BCUT2D eigenvalue weighted by Gasteiger charge is -2.24. The van der Waals surface area contributed by atoms with E-state index in [4.69, 9.17) is 13.9 Å². The summed E-state index contributed by atoms with van der Waals surface area (Å²) in [6, 6.07) is 9.60. The second-order valence-electron chi connectivity index (χ2n) is 7.04. The van der Waals surface area contributed by atoms with Crippen molar-refractivity contribution in [1.82, 2.24) is 4.90 Å². The number of thiophene rings is 1. The summed E-state index contributed by atoms with van der Waals surface area (Å²) < 4.78 is 16.1. The Labute approximate surface area is 175 Å². The van der Waals surface area contributed by atoms with E-state index in [-0.39, 0.29) is 24.7 Å². The van der Waals surface area contributed by atoms with E-state index in [2.05, 4.69) is 0 Å². The predicted octanol–water partition coefficient (Wildman–Crippen LogP) is 4.00. The maximum Gasteiger partial charge on any atom is 0.296 e. The number of likely N-dealkylation sites (tertiary alicyclic amines) is 1. The molecule has 0 aliphatic carbocycles. The van der Waals surface area contributed by atoms with E-state index < -0.39 is 17.7 Å². The Kier molecular flexibility index (Phi) is 4.36. The molecule has 0 saturated carbocycles. The minimum absolute atomic E-state index is 0.0518. The van der Waals surface area contributed by atoms with Crippen LogP contribution < -0.4 is 9.47 Å². The molecule has 2 aliphatic rings. The fraction of sp³-hybridized carbons (Fsp3) is 0.182. The van der Waals surface area contributed by atoms with Crippen molar-refractivity contribution in [3.8, 4) is 11.5 Å². The van der Waals surface area contributed by atoms with Crippen molar-refractivity contribution in [2.75, 3.05) is 6.79 Å². The molecule has 2 aromatic heterocycles. The van der Waals surface area contributed by atoms with Crippen molar-refractivity contribution in [3.05, 3.63) is 75.4 Å². The number of carbonyl (C=O) groups is 2. The zero-order chi connectivity index (χ0) is 20.8. The molecule has 7 nitrogen and oxygen atoms in total. The van der Waals surface area contributed by atoms with Crippen molar-refractivity contribution < 1.29 is 28.6 Å². The van der Waals surface area contributed by atoms with Crippen molar-refractivity contribution >= 4 is 28.8 Å². The van der Waals surface area contributed by atoms with Crippen molar-refractivity contribution in [2.24, 2.45) is 0 Å². The van der Waals surface area contributed by atoms with Crippen LogP contribution in [0.1, 0.15) is 27.8 Å². The lowest BCUT2D eigenvalue weighted by Crippen LogP contribution is -2.28. The van der Waals surface area contributed by atoms with E-state index in [0.29, 0.717) is 22.8 Å². The number of nitrogens with zero attached hydrogens (tertiary/aromatic N) is 1. The van der Waals surface area contributed by atoms with E-state index in [1.54, 1.807) is 30.3 Å². The number of benzene rings is 1.